The summed E-state index contributed by atoms with van der Waals surface area (Å²) in [5, 5.41) is 12.5. The first-order valence-electron chi connectivity index (χ1n) is 9.51. The van der Waals surface area contributed by atoms with Crippen molar-refractivity contribution in [1.29, 1.82) is 0 Å². The van der Waals surface area contributed by atoms with E-state index in [0.29, 0.717) is 12.3 Å². The Bertz CT molecular complexity index is 878. The molecule has 0 aliphatic rings. The number of nitrogens with zero attached hydrogens (tertiary/aromatic N) is 4. The molecule has 0 spiro atoms. The maximum Gasteiger partial charge on any atom is 0.230 e. The quantitative estimate of drug-likeness (QED) is 0.558. The van der Waals surface area contributed by atoms with Crippen molar-refractivity contribution in [2.24, 2.45) is 0 Å². The van der Waals surface area contributed by atoms with E-state index in [0.717, 1.165) is 34.9 Å². The zero-order valence-corrected chi connectivity index (χ0v) is 17.0. The molecule has 3 rings (SSSR count). The van der Waals surface area contributed by atoms with Crippen LogP contribution < -0.4 is 5.32 Å². The van der Waals surface area contributed by atoms with E-state index in [9.17, 15) is 4.79 Å². The van der Waals surface area contributed by atoms with Crippen LogP contribution >= 0.6 is 11.8 Å². The Morgan fingerprint density at radius 1 is 1.07 bits per heavy atom. The number of carbonyl (C=O) groups excluding carboxylic acids is 1. The molecule has 3 aromatic rings. The summed E-state index contributed by atoms with van der Waals surface area (Å²) >= 11 is 1.41. The molecule has 0 fully saturated rings. The lowest BCUT2D eigenvalue weighted by Crippen LogP contribution is -2.35. The Morgan fingerprint density at radius 3 is 2.46 bits per heavy atom. The molecule has 0 bridgehead atoms. The van der Waals surface area contributed by atoms with Gasteiger partial charge >= 0.3 is 0 Å². The molecule has 0 aliphatic carbocycles. The number of nitrogens with one attached hydrogen (secondary N) is 1. The molecule has 0 aliphatic heterocycles. The van der Waals surface area contributed by atoms with Crippen LogP contribution in [-0.4, -0.2) is 37.5 Å². The molecule has 2 aromatic heterocycles. The predicted octanol–water partition coefficient (Wildman–Crippen LogP) is 3.79. The van der Waals surface area contributed by atoms with Gasteiger partial charge in [-0.25, -0.2) is 0 Å². The number of amides is 1. The SMILES string of the molecule is CCC(CC)NC(=O)CSc1nnc(-c2ccncc2)n1Cc1ccccc1. The van der Waals surface area contributed by atoms with Gasteiger partial charge in [-0.2, -0.15) is 0 Å². The third kappa shape index (κ3) is 5.19. The summed E-state index contributed by atoms with van der Waals surface area (Å²) < 4.78 is 2.06. The number of hydrogen-bond acceptors (Lipinski definition) is 5. The van der Waals surface area contributed by atoms with Gasteiger partial charge in [0.15, 0.2) is 11.0 Å². The van der Waals surface area contributed by atoms with Gasteiger partial charge in [0.2, 0.25) is 5.91 Å². The third-order valence-corrected chi connectivity index (χ3v) is 5.49. The van der Waals surface area contributed by atoms with Crippen LogP contribution in [0.15, 0.2) is 60.0 Å². The minimum atomic E-state index is 0.0263. The van der Waals surface area contributed by atoms with Crippen molar-refractivity contribution in [3.8, 4) is 11.4 Å². The molecular weight excluding hydrogens is 370 g/mol. The van der Waals surface area contributed by atoms with Gasteiger partial charge in [0.25, 0.3) is 0 Å². The highest BCUT2D eigenvalue weighted by atomic mass is 32.2. The molecule has 28 heavy (non-hydrogen) atoms. The van der Waals surface area contributed by atoms with Gasteiger partial charge in [0.1, 0.15) is 0 Å². The highest BCUT2D eigenvalue weighted by Gasteiger charge is 2.17. The van der Waals surface area contributed by atoms with Gasteiger partial charge < -0.3 is 5.32 Å². The number of benzene rings is 1. The van der Waals surface area contributed by atoms with Crippen molar-refractivity contribution in [1.82, 2.24) is 25.1 Å². The van der Waals surface area contributed by atoms with Crippen molar-refractivity contribution in [2.45, 2.75) is 44.4 Å². The summed E-state index contributed by atoms with van der Waals surface area (Å²) in [5.74, 6) is 1.12. The lowest BCUT2D eigenvalue weighted by molar-refractivity contribution is -0.119. The summed E-state index contributed by atoms with van der Waals surface area (Å²) in [6.45, 7) is 4.81. The van der Waals surface area contributed by atoms with Crippen LogP contribution in [0.2, 0.25) is 0 Å². The van der Waals surface area contributed by atoms with Crippen LogP contribution in [-0.2, 0) is 11.3 Å². The summed E-state index contributed by atoms with van der Waals surface area (Å²) in [5.41, 5.74) is 2.10. The summed E-state index contributed by atoms with van der Waals surface area (Å²) in [4.78, 5) is 16.4. The highest BCUT2D eigenvalue weighted by molar-refractivity contribution is 7.99. The topological polar surface area (TPSA) is 72.7 Å². The van der Waals surface area contributed by atoms with Crippen LogP contribution in [0.5, 0.6) is 0 Å². The van der Waals surface area contributed by atoms with E-state index in [-0.39, 0.29) is 11.9 Å². The lowest BCUT2D eigenvalue weighted by atomic mass is 10.2. The fourth-order valence-corrected chi connectivity index (χ4v) is 3.66. The number of aromatic nitrogens is 4. The summed E-state index contributed by atoms with van der Waals surface area (Å²) in [6, 6.07) is 14.2. The molecule has 0 saturated carbocycles. The average Bonchev–Trinajstić information content (AvgIpc) is 3.14. The Kier molecular flexibility index (Phi) is 7.19. The zero-order valence-electron chi connectivity index (χ0n) is 16.2. The highest BCUT2D eigenvalue weighted by Crippen LogP contribution is 2.24. The zero-order chi connectivity index (χ0) is 19.8. The van der Waals surface area contributed by atoms with E-state index in [1.807, 2.05) is 30.3 Å². The Morgan fingerprint density at radius 2 is 1.79 bits per heavy atom. The van der Waals surface area contributed by atoms with Crippen molar-refractivity contribution >= 4 is 17.7 Å². The van der Waals surface area contributed by atoms with Gasteiger partial charge in [-0.1, -0.05) is 55.9 Å². The van der Waals surface area contributed by atoms with Crippen molar-refractivity contribution in [3.63, 3.8) is 0 Å². The normalized spacial score (nSPS) is 11.0. The molecule has 0 radical (unpaired) electrons. The monoisotopic (exact) mass is 395 g/mol. The van der Waals surface area contributed by atoms with Crippen LogP contribution in [0.25, 0.3) is 11.4 Å². The van der Waals surface area contributed by atoms with Gasteiger partial charge in [-0.05, 0) is 30.5 Å². The second kappa shape index (κ2) is 10.0. The fraction of sp³-hybridized carbons (Fsp3) is 0.333. The van der Waals surface area contributed by atoms with Crippen LogP contribution in [0.4, 0.5) is 0 Å². The molecule has 1 amide bonds. The van der Waals surface area contributed by atoms with E-state index < -0.39 is 0 Å². The van der Waals surface area contributed by atoms with E-state index in [1.54, 1.807) is 12.4 Å². The van der Waals surface area contributed by atoms with E-state index in [4.69, 9.17) is 0 Å². The van der Waals surface area contributed by atoms with Crippen molar-refractivity contribution in [3.05, 3.63) is 60.4 Å². The number of thioether (sulfide) groups is 1. The maximum absolute atomic E-state index is 12.3. The third-order valence-electron chi connectivity index (χ3n) is 4.52. The van der Waals surface area contributed by atoms with Crippen LogP contribution in [0, 0.1) is 0 Å². The van der Waals surface area contributed by atoms with Crippen LogP contribution in [0.3, 0.4) is 0 Å². The minimum absolute atomic E-state index is 0.0263. The fourth-order valence-electron chi connectivity index (χ4n) is 2.91. The Balaban J connectivity index is 1.80. The summed E-state index contributed by atoms with van der Waals surface area (Å²) in [6.07, 6.45) is 5.35. The molecule has 146 valence electrons. The van der Waals surface area contributed by atoms with Crippen LogP contribution in [0.1, 0.15) is 32.3 Å². The number of hydrogen-bond donors (Lipinski definition) is 1. The molecule has 1 N–H and O–H groups in total. The molecule has 0 atom stereocenters. The molecular formula is C21H25N5OS. The first-order chi connectivity index (χ1) is 13.7. The Hall–Kier alpha value is -2.67. The molecule has 1 aromatic carbocycles. The second-order valence-corrected chi connectivity index (χ2v) is 7.43. The predicted molar refractivity (Wildman–Crippen MR) is 112 cm³/mol. The Labute approximate surface area is 169 Å². The maximum atomic E-state index is 12.3. The van der Waals surface area contributed by atoms with Gasteiger partial charge in [-0.15, -0.1) is 10.2 Å². The number of pyridine rings is 1. The molecule has 2 heterocycles. The van der Waals surface area contributed by atoms with Gasteiger partial charge in [0.05, 0.1) is 12.3 Å². The lowest BCUT2D eigenvalue weighted by Gasteiger charge is -2.14. The van der Waals surface area contributed by atoms with Gasteiger partial charge in [-0.3, -0.25) is 14.3 Å². The number of rotatable bonds is 9. The largest absolute Gasteiger partial charge is 0.353 e. The summed E-state index contributed by atoms with van der Waals surface area (Å²) in [7, 11) is 0. The average molecular weight is 396 g/mol. The molecule has 6 nitrogen and oxygen atoms in total. The molecule has 0 unspecified atom stereocenters. The minimum Gasteiger partial charge on any atom is -0.353 e. The smallest absolute Gasteiger partial charge is 0.230 e. The van der Waals surface area contributed by atoms with Crippen molar-refractivity contribution in [2.75, 3.05) is 5.75 Å². The molecule has 7 heteroatoms. The molecule has 0 saturated heterocycles. The van der Waals surface area contributed by atoms with E-state index >= 15 is 0 Å². The van der Waals surface area contributed by atoms with E-state index in [1.165, 1.54) is 11.8 Å². The second-order valence-electron chi connectivity index (χ2n) is 6.48. The first-order valence-corrected chi connectivity index (χ1v) is 10.5. The number of carbonyl (C=O) groups is 1. The first kappa shape index (κ1) is 20.1. The van der Waals surface area contributed by atoms with E-state index in [2.05, 4.69) is 51.0 Å². The van der Waals surface area contributed by atoms with Gasteiger partial charge in [0, 0.05) is 24.0 Å². The van der Waals surface area contributed by atoms with Crippen molar-refractivity contribution < 1.29 is 4.79 Å². The standard InChI is InChI=1S/C21H25N5OS/c1-3-18(4-2)23-19(27)15-28-21-25-24-20(17-10-12-22-13-11-17)26(21)14-16-8-6-5-7-9-16/h5-13,18H,3-4,14-15H2,1-2H3,(H,23,27).